The molecule has 0 saturated heterocycles. The van der Waals surface area contributed by atoms with Crippen LogP contribution in [0.1, 0.15) is 17.5 Å². The first-order valence-corrected chi connectivity index (χ1v) is 4.73. The summed E-state index contributed by atoms with van der Waals surface area (Å²) in [6.45, 7) is 2.52. The highest BCUT2D eigenvalue weighted by atomic mass is 19.1. The second-order valence-electron chi connectivity index (χ2n) is 3.68. The third-order valence-electron chi connectivity index (χ3n) is 2.50. The van der Waals surface area contributed by atoms with Gasteiger partial charge in [0.05, 0.1) is 0 Å². The average molecular weight is 179 g/mol. The van der Waals surface area contributed by atoms with Crippen LogP contribution < -0.4 is 5.32 Å². The van der Waals surface area contributed by atoms with E-state index in [1.165, 1.54) is 11.1 Å². The third-order valence-corrected chi connectivity index (χ3v) is 2.50. The van der Waals surface area contributed by atoms with Crippen molar-refractivity contribution in [3.05, 3.63) is 29.3 Å². The summed E-state index contributed by atoms with van der Waals surface area (Å²) in [5.41, 5.74) is 3.60. The van der Waals surface area contributed by atoms with Crippen molar-refractivity contribution in [3.8, 4) is 0 Å². The predicted molar refractivity (Wildman–Crippen MR) is 52.9 cm³/mol. The van der Waals surface area contributed by atoms with Crippen LogP contribution in [0.5, 0.6) is 0 Å². The molecule has 1 atom stereocenters. The van der Waals surface area contributed by atoms with Gasteiger partial charge in [-0.2, -0.15) is 0 Å². The zero-order chi connectivity index (χ0) is 9.26. The number of rotatable bonds is 0. The highest BCUT2D eigenvalue weighted by molar-refractivity contribution is 5.53. The Morgan fingerprint density at radius 2 is 2.31 bits per heavy atom. The molecule has 1 aromatic rings. The van der Waals surface area contributed by atoms with Gasteiger partial charge in [-0.3, -0.25) is 0 Å². The van der Waals surface area contributed by atoms with Gasteiger partial charge in [-0.15, -0.1) is 0 Å². The van der Waals surface area contributed by atoms with Crippen LogP contribution >= 0.6 is 0 Å². The minimum absolute atomic E-state index is 0.454. The molecule has 1 aliphatic heterocycles. The van der Waals surface area contributed by atoms with E-state index in [1.807, 2.05) is 6.07 Å². The van der Waals surface area contributed by atoms with Crippen molar-refractivity contribution in [2.24, 2.45) is 0 Å². The van der Waals surface area contributed by atoms with E-state index in [4.69, 9.17) is 0 Å². The van der Waals surface area contributed by atoms with Crippen molar-refractivity contribution in [1.29, 1.82) is 0 Å². The standard InChI is InChI=1S/C11H14FN/c1-8-2-5-11-9(6-8)3-4-10(12)7-13-11/h2,5-6,10,13H,3-4,7H2,1H3. The van der Waals surface area contributed by atoms with Gasteiger partial charge in [0.25, 0.3) is 0 Å². The van der Waals surface area contributed by atoms with E-state index in [9.17, 15) is 4.39 Å². The minimum Gasteiger partial charge on any atom is -0.382 e. The molecule has 0 radical (unpaired) electrons. The zero-order valence-electron chi connectivity index (χ0n) is 7.81. The fourth-order valence-electron chi connectivity index (χ4n) is 1.74. The molecule has 1 unspecified atom stereocenters. The van der Waals surface area contributed by atoms with Crippen LogP contribution in [0, 0.1) is 6.92 Å². The van der Waals surface area contributed by atoms with Crippen molar-refractivity contribution in [2.45, 2.75) is 25.9 Å². The molecule has 0 aromatic heterocycles. The molecular weight excluding hydrogens is 165 g/mol. The zero-order valence-corrected chi connectivity index (χ0v) is 7.81. The summed E-state index contributed by atoms with van der Waals surface area (Å²) in [6.07, 6.45) is 0.793. The van der Waals surface area contributed by atoms with Crippen LogP contribution in [0.25, 0.3) is 0 Å². The Morgan fingerprint density at radius 1 is 1.46 bits per heavy atom. The van der Waals surface area contributed by atoms with Crippen LogP contribution in [-0.4, -0.2) is 12.7 Å². The number of anilines is 1. The van der Waals surface area contributed by atoms with Crippen molar-refractivity contribution in [3.63, 3.8) is 0 Å². The third kappa shape index (κ3) is 1.82. The molecule has 13 heavy (non-hydrogen) atoms. The Morgan fingerprint density at radius 3 is 3.15 bits per heavy atom. The normalized spacial score (nSPS) is 21.5. The van der Waals surface area contributed by atoms with Gasteiger partial charge in [0, 0.05) is 12.2 Å². The summed E-state index contributed by atoms with van der Waals surface area (Å²) in [5.74, 6) is 0. The summed E-state index contributed by atoms with van der Waals surface area (Å²) in [4.78, 5) is 0. The largest absolute Gasteiger partial charge is 0.382 e. The Balaban J connectivity index is 2.30. The summed E-state index contributed by atoms with van der Waals surface area (Å²) >= 11 is 0. The summed E-state index contributed by atoms with van der Waals surface area (Å²) < 4.78 is 13.0. The number of halogens is 1. The SMILES string of the molecule is Cc1ccc2c(c1)CCC(F)CN2. The molecule has 0 fully saturated rings. The van der Waals surface area contributed by atoms with Gasteiger partial charge in [-0.05, 0) is 31.4 Å². The monoisotopic (exact) mass is 179 g/mol. The number of hydrogen-bond acceptors (Lipinski definition) is 1. The van der Waals surface area contributed by atoms with Crippen LogP contribution in [0.15, 0.2) is 18.2 Å². The lowest BCUT2D eigenvalue weighted by molar-refractivity contribution is 0.333. The summed E-state index contributed by atoms with van der Waals surface area (Å²) in [7, 11) is 0. The molecule has 0 bridgehead atoms. The van der Waals surface area contributed by atoms with Crippen LogP contribution in [0.3, 0.4) is 0 Å². The molecule has 1 aliphatic rings. The molecule has 1 heterocycles. The number of nitrogens with one attached hydrogen (secondary N) is 1. The maximum absolute atomic E-state index is 13.0. The quantitative estimate of drug-likeness (QED) is 0.645. The Kier molecular flexibility index (Phi) is 2.21. The summed E-state index contributed by atoms with van der Waals surface area (Å²) in [6, 6.07) is 6.24. The molecule has 1 aromatic carbocycles. The Bertz CT molecular complexity index is 309. The van der Waals surface area contributed by atoms with Gasteiger partial charge in [-0.25, -0.2) is 4.39 Å². The first kappa shape index (κ1) is 8.54. The molecule has 0 spiro atoms. The van der Waals surface area contributed by atoms with Gasteiger partial charge in [-0.1, -0.05) is 17.7 Å². The molecule has 0 aliphatic carbocycles. The van der Waals surface area contributed by atoms with Gasteiger partial charge >= 0.3 is 0 Å². The number of fused-ring (bicyclic) bond motifs is 1. The maximum atomic E-state index is 13.0. The van der Waals surface area contributed by atoms with Gasteiger partial charge < -0.3 is 5.32 Å². The lowest BCUT2D eigenvalue weighted by Crippen LogP contribution is -2.12. The van der Waals surface area contributed by atoms with Crippen molar-refractivity contribution in [2.75, 3.05) is 11.9 Å². The maximum Gasteiger partial charge on any atom is 0.118 e. The molecule has 0 saturated carbocycles. The van der Waals surface area contributed by atoms with E-state index in [-0.39, 0.29) is 0 Å². The van der Waals surface area contributed by atoms with E-state index < -0.39 is 6.17 Å². The molecular formula is C11H14FN. The smallest absolute Gasteiger partial charge is 0.118 e. The minimum atomic E-state index is -0.701. The topological polar surface area (TPSA) is 12.0 Å². The molecule has 70 valence electrons. The number of benzene rings is 1. The molecule has 2 rings (SSSR count). The molecule has 1 N–H and O–H groups in total. The van der Waals surface area contributed by atoms with Crippen LogP contribution in [-0.2, 0) is 6.42 Å². The van der Waals surface area contributed by atoms with E-state index in [0.29, 0.717) is 13.0 Å². The Labute approximate surface area is 78.0 Å². The molecule has 2 heteroatoms. The lowest BCUT2D eigenvalue weighted by atomic mass is 10.1. The van der Waals surface area contributed by atoms with E-state index in [1.54, 1.807) is 0 Å². The second kappa shape index (κ2) is 3.36. The van der Waals surface area contributed by atoms with Crippen molar-refractivity contribution >= 4 is 5.69 Å². The number of alkyl halides is 1. The van der Waals surface area contributed by atoms with Crippen molar-refractivity contribution < 1.29 is 4.39 Å². The second-order valence-corrected chi connectivity index (χ2v) is 3.68. The van der Waals surface area contributed by atoms with E-state index in [2.05, 4.69) is 24.4 Å². The van der Waals surface area contributed by atoms with Crippen molar-refractivity contribution in [1.82, 2.24) is 0 Å². The number of hydrogen-bond donors (Lipinski definition) is 1. The van der Waals surface area contributed by atoms with Gasteiger partial charge in [0.1, 0.15) is 6.17 Å². The first-order chi connectivity index (χ1) is 6.25. The fourth-order valence-corrected chi connectivity index (χ4v) is 1.74. The van der Waals surface area contributed by atoms with Crippen LogP contribution in [0.4, 0.5) is 10.1 Å². The fraction of sp³-hybridized carbons (Fsp3) is 0.455. The molecule has 1 nitrogen and oxygen atoms in total. The Hall–Kier alpha value is -1.05. The van der Waals surface area contributed by atoms with E-state index in [0.717, 1.165) is 12.1 Å². The average Bonchev–Trinajstić information content (AvgIpc) is 2.29. The first-order valence-electron chi connectivity index (χ1n) is 4.73. The lowest BCUT2D eigenvalue weighted by Gasteiger charge is -2.07. The highest BCUT2D eigenvalue weighted by Crippen LogP contribution is 2.23. The molecule has 0 amide bonds. The predicted octanol–water partition coefficient (Wildman–Crippen LogP) is 2.69. The van der Waals surface area contributed by atoms with Crippen LogP contribution in [0.2, 0.25) is 0 Å². The van der Waals surface area contributed by atoms with Gasteiger partial charge in [0.2, 0.25) is 0 Å². The van der Waals surface area contributed by atoms with E-state index >= 15 is 0 Å². The number of aryl methyl sites for hydroxylation is 2. The highest BCUT2D eigenvalue weighted by Gasteiger charge is 2.13. The van der Waals surface area contributed by atoms with Gasteiger partial charge in [0.15, 0.2) is 0 Å². The summed E-state index contributed by atoms with van der Waals surface area (Å²) in [5, 5.41) is 3.13.